The van der Waals surface area contributed by atoms with Crippen LogP contribution in [0.2, 0.25) is 0 Å². The summed E-state index contributed by atoms with van der Waals surface area (Å²) in [5.41, 5.74) is 2.31. The summed E-state index contributed by atoms with van der Waals surface area (Å²) in [6, 6.07) is 7.66. The van der Waals surface area contributed by atoms with Gasteiger partial charge in [0.25, 0.3) is 10.0 Å². The number of aromatic nitrogens is 6. The first-order valence-corrected chi connectivity index (χ1v) is 16.7. The second-order valence-electron chi connectivity index (χ2n) is 12.3. The number of nitrogens with one attached hydrogen (secondary N) is 2. The van der Waals surface area contributed by atoms with Crippen molar-refractivity contribution in [3.05, 3.63) is 55.2 Å². The third kappa shape index (κ3) is 7.57. The Morgan fingerprint density at radius 2 is 1.84 bits per heavy atom. The SMILES string of the molecule is CN(C)CCOc1ccc(-c2cnc(Nc3ccnc(-c4cnn(S(=O)(=O)C5CC5)c4)n3)cc2NC2CCC(C)(O)CC2)nc1. The van der Waals surface area contributed by atoms with Gasteiger partial charge in [-0.3, -0.25) is 4.98 Å². The Morgan fingerprint density at radius 3 is 2.56 bits per heavy atom. The van der Waals surface area contributed by atoms with E-state index in [-0.39, 0.29) is 11.3 Å². The fraction of sp³-hybridized carbons (Fsp3) is 0.452. The molecule has 0 radical (unpaired) electrons. The zero-order chi connectivity index (χ0) is 31.6. The highest BCUT2D eigenvalue weighted by atomic mass is 32.2. The molecule has 0 unspecified atom stereocenters. The van der Waals surface area contributed by atoms with E-state index in [2.05, 4.69) is 40.6 Å². The van der Waals surface area contributed by atoms with Crippen molar-refractivity contribution in [2.75, 3.05) is 37.9 Å². The first kappa shape index (κ1) is 30.9. The van der Waals surface area contributed by atoms with Crippen LogP contribution in [-0.4, -0.2) is 91.7 Å². The van der Waals surface area contributed by atoms with Crippen LogP contribution < -0.4 is 15.4 Å². The summed E-state index contributed by atoms with van der Waals surface area (Å²) in [4.78, 5) is 20.3. The van der Waals surface area contributed by atoms with Gasteiger partial charge in [-0.1, -0.05) is 0 Å². The molecule has 0 aliphatic heterocycles. The molecular formula is C31H39N9O4S. The van der Waals surface area contributed by atoms with Gasteiger partial charge in [0.2, 0.25) is 0 Å². The van der Waals surface area contributed by atoms with Crippen LogP contribution in [0.4, 0.5) is 17.3 Å². The van der Waals surface area contributed by atoms with Crippen molar-refractivity contribution in [1.82, 2.24) is 34.0 Å². The summed E-state index contributed by atoms with van der Waals surface area (Å²) < 4.78 is 32.0. The van der Waals surface area contributed by atoms with Gasteiger partial charge in [-0.2, -0.15) is 9.19 Å². The Balaban J connectivity index is 1.23. The average Bonchev–Trinajstić information content (AvgIpc) is 3.76. The van der Waals surface area contributed by atoms with Crippen LogP contribution in [-0.2, 0) is 10.0 Å². The number of aliphatic hydroxyl groups is 1. The van der Waals surface area contributed by atoms with E-state index in [9.17, 15) is 13.5 Å². The zero-order valence-corrected chi connectivity index (χ0v) is 26.5. The van der Waals surface area contributed by atoms with Gasteiger partial charge in [0.1, 0.15) is 24.0 Å². The van der Waals surface area contributed by atoms with E-state index in [1.807, 2.05) is 39.2 Å². The Morgan fingerprint density at radius 1 is 1.04 bits per heavy atom. The third-order valence-corrected chi connectivity index (χ3v) is 10.1. The van der Waals surface area contributed by atoms with Crippen LogP contribution in [0.3, 0.4) is 0 Å². The van der Waals surface area contributed by atoms with Gasteiger partial charge in [0, 0.05) is 42.3 Å². The van der Waals surface area contributed by atoms with Crippen LogP contribution in [0.1, 0.15) is 45.4 Å². The van der Waals surface area contributed by atoms with Crippen molar-refractivity contribution in [2.45, 2.75) is 62.3 Å². The highest BCUT2D eigenvalue weighted by molar-refractivity contribution is 7.90. The predicted molar refractivity (Wildman–Crippen MR) is 172 cm³/mol. The van der Waals surface area contributed by atoms with Crippen molar-refractivity contribution in [3.8, 4) is 28.4 Å². The molecule has 2 aliphatic carbocycles. The third-order valence-electron chi connectivity index (χ3n) is 8.08. The number of hydrogen-bond donors (Lipinski definition) is 3. The molecular weight excluding hydrogens is 594 g/mol. The summed E-state index contributed by atoms with van der Waals surface area (Å²) >= 11 is 0. The maximum absolute atomic E-state index is 12.6. The molecule has 2 saturated carbocycles. The van der Waals surface area contributed by atoms with Crippen LogP contribution >= 0.6 is 0 Å². The van der Waals surface area contributed by atoms with Crippen LogP contribution in [0.15, 0.2) is 55.2 Å². The maximum atomic E-state index is 12.6. The molecule has 13 nitrogen and oxygen atoms in total. The normalized spacial score (nSPS) is 20.2. The molecule has 0 aromatic carbocycles. The van der Waals surface area contributed by atoms with Crippen LogP contribution in [0.5, 0.6) is 5.75 Å². The summed E-state index contributed by atoms with van der Waals surface area (Å²) in [7, 11) is 0.520. The lowest BCUT2D eigenvalue weighted by Crippen LogP contribution is -2.35. The molecule has 0 amide bonds. The molecule has 0 atom stereocenters. The lowest BCUT2D eigenvalue weighted by molar-refractivity contribution is 0.0196. The highest BCUT2D eigenvalue weighted by Gasteiger charge is 2.37. The predicted octanol–water partition coefficient (Wildman–Crippen LogP) is 3.93. The van der Waals surface area contributed by atoms with Gasteiger partial charge >= 0.3 is 0 Å². The van der Waals surface area contributed by atoms with E-state index >= 15 is 0 Å². The van der Waals surface area contributed by atoms with Gasteiger partial charge in [-0.15, -0.1) is 0 Å². The molecule has 14 heteroatoms. The highest BCUT2D eigenvalue weighted by Crippen LogP contribution is 2.35. The molecule has 4 aromatic heterocycles. The number of hydrogen-bond acceptors (Lipinski definition) is 12. The molecule has 238 valence electrons. The van der Waals surface area contributed by atoms with Gasteiger partial charge in [-0.25, -0.2) is 23.4 Å². The molecule has 2 fully saturated rings. The molecule has 0 saturated heterocycles. The van der Waals surface area contributed by atoms with Gasteiger partial charge < -0.3 is 25.4 Å². The number of likely N-dealkylation sites (N-methyl/N-ethyl adjacent to an activating group) is 1. The zero-order valence-electron chi connectivity index (χ0n) is 25.7. The molecule has 45 heavy (non-hydrogen) atoms. The fourth-order valence-corrected chi connectivity index (χ4v) is 6.68. The number of rotatable bonds is 12. The van der Waals surface area contributed by atoms with Crippen LogP contribution in [0, 0.1) is 0 Å². The topological polar surface area (TPSA) is 160 Å². The number of anilines is 3. The Labute approximate surface area is 263 Å². The minimum Gasteiger partial charge on any atom is -0.491 e. The molecule has 4 aromatic rings. The van der Waals surface area contributed by atoms with Crippen molar-refractivity contribution >= 4 is 27.3 Å². The minimum atomic E-state index is -3.48. The molecule has 0 bridgehead atoms. The monoisotopic (exact) mass is 633 g/mol. The number of ether oxygens (including phenoxy) is 1. The van der Waals surface area contributed by atoms with Crippen molar-refractivity contribution in [1.29, 1.82) is 0 Å². The van der Waals surface area contributed by atoms with E-state index in [0.717, 1.165) is 53.3 Å². The van der Waals surface area contributed by atoms with E-state index in [1.165, 1.54) is 12.4 Å². The van der Waals surface area contributed by atoms with Crippen molar-refractivity contribution < 1.29 is 18.3 Å². The average molecular weight is 634 g/mol. The molecule has 2 aliphatic rings. The largest absolute Gasteiger partial charge is 0.491 e. The summed E-state index contributed by atoms with van der Waals surface area (Å²) in [6.45, 7) is 3.27. The standard InChI is InChI=1S/C31H39N9O4S/c1-31(41)11-8-22(9-12-31)36-27-16-29(34-19-25(27)26-7-4-23(18-33-26)44-15-14-39(2)3)37-28-10-13-32-30(38-28)21-17-35-40(20-21)45(42,43)24-5-6-24/h4,7,10,13,16-20,22,24,41H,5-6,8-9,11-12,14-15H2,1-3H3,(H2,32,34,36,37,38). The van der Waals surface area contributed by atoms with Crippen molar-refractivity contribution in [2.24, 2.45) is 0 Å². The minimum absolute atomic E-state index is 0.182. The Hall–Kier alpha value is -4.14. The molecule has 4 heterocycles. The number of pyridine rings is 2. The first-order valence-electron chi connectivity index (χ1n) is 15.2. The Kier molecular flexibility index (Phi) is 8.71. The fourth-order valence-electron chi connectivity index (χ4n) is 5.20. The maximum Gasteiger partial charge on any atom is 0.256 e. The summed E-state index contributed by atoms with van der Waals surface area (Å²) in [6.07, 6.45) is 12.4. The second kappa shape index (κ2) is 12.7. The smallest absolute Gasteiger partial charge is 0.256 e. The van der Waals surface area contributed by atoms with Crippen LogP contribution in [0.25, 0.3) is 22.6 Å². The van der Waals surface area contributed by atoms with Gasteiger partial charge in [-0.05, 0) is 77.7 Å². The van der Waals surface area contributed by atoms with Gasteiger partial charge in [0.15, 0.2) is 5.82 Å². The van der Waals surface area contributed by atoms with E-state index in [4.69, 9.17) is 4.74 Å². The summed E-state index contributed by atoms with van der Waals surface area (Å²) in [5.74, 6) is 2.10. The molecule has 0 spiro atoms. The first-order chi connectivity index (χ1) is 21.6. The van der Waals surface area contributed by atoms with E-state index in [0.29, 0.717) is 48.2 Å². The van der Waals surface area contributed by atoms with E-state index < -0.39 is 15.6 Å². The lowest BCUT2D eigenvalue weighted by atomic mass is 9.83. The lowest BCUT2D eigenvalue weighted by Gasteiger charge is -2.34. The van der Waals surface area contributed by atoms with E-state index in [1.54, 1.807) is 24.7 Å². The second-order valence-corrected chi connectivity index (χ2v) is 14.4. The Bertz CT molecular complexity index is 1730. The van der Waals surface area contributed by atoms with Gasteiger partial charge in [0.05, 0.1) is 40.7 Å². The molecule has 3 N–H and O–H groups in total. The molecule has 6 rings (SSSR count). The summed E-state index contributed by atoms with van der Waals surface area (Å²) in [5, 5.41) is 21.1. The quantitative estimate of drug-likeness (QED) is 0.207. The number of nitrogens with zero attached hydrogens (tertiary/aromatic N) is 7. The van der Waals surface area contributed by atoms with Crippen molar-refractivity contribution in [3.63, 3.8) is 0 Å².